The average molecular weight is 429 g/mol. The fraction of sp³-hybridized carbons (Fsp3) is 0.240. The number of aryl methyl sites for hydroxylation is 1. The third-order valence-electron chi connectivity index (χ3n) is 5.77. The third-order valence-corrected chi connectivity index (χ3v) is 5.77. The van der Waals surface area contributed by atoms with E-state index >= 15 is 4.48 Å². The van der Waals surface area contributed by atoms with Crippen molar-refractivity contribution in [3.8, 4) is 11.4 Å². The summed E-state index contributed by atoms with van der Waals surface area (Å²) >= 11 is 0. The fourth-order valence-corrected chi connectivity index (χ4v) is 4.10. The van der Waals surface area contributed by atoms with Crippen molar-refractivity contribution in [2.24, 2.45) is 0 Å². The first-order valence-electron chi connectivity index (χ1n) is 10.7. The third kappa shape index (κ3) is 3.76. The van der Waals surface area contributed by atoms with Crippen molar-refractivity contribution in [3.63, 3.8) is 0 Å². The Balaban J connectivity index is 1.64. The van der Waals surface area contributed by atoms with Crippen LogP contribution in [0.4, 0.5) is 21.5 Å². The van der Waals surface area contributed by atoms with Gasteiger partial charge in [0.15, 0.2) is 0 Å². The number of para-hydroxylation sites is 1. The lowest BCUT2D eigenvalue weighted by Crippen LogP contribution is -2.36. The predicted molar refractivity (Wildman–Crippen MR) is 125 cm³/mol. The number of benzene rings is 1. The van der Waals surface area contributed by atoms with Gasteiger partial charge in [-0.15, -0.1) is 0 Å². The highest BCUT2D eigenvalue weighted by atomic mass is 19.2. The van der Waals surface area contributed by atoms with E-state index in [4.69, 9.17) is 9.72 Å². The maximum absolute atomic E-state index is 16.1. The number of morpholine rings is 1. The second-order valence-corrected chi connectivity index (χ2v) is 7.95. The number of hydrogen-bond donors (Lipinski definition) is 0. The molecular formula is C25H24FN5O. The van der Waals surface area contributed by atoms with Gasteiger partial charge < -0.3 is 9.64 Å². The summed E-state index contributed by atoms with van der Waals surface area (Å²) in [5.74, 6) is 0. The van der Waals surface area contributed by atoms with E-state index in [1.807, 2.05) is 56.3 Å². The highest BCUT2D eigenvalue weighted by Crippen LogP contribution is 2.39. The van der Waals surface area contributed by atoms with E-state index in [0.717, 1.165) is 46.1 Å². The van der Waals surface area contributed by atoms with Crippen molar-refractivity contribution in [1.29, 1.82) is 0 Å². The van der Waals surface area contributed by atoms with Crippen LogP contribution < -0.4 is 10.0 Å². The molecule has 4 heterocycles. The monoisotopic (exact) mass is 429 g/mol. The fourth-order valence-electron chi connectivity index (χ4n) is 4.10. The normalized spacial score (nSPS) is 14.0. The molecule has 5 rings (SSSR count). The molecule has 32 heavy (non-hydrogen) atoms. The number of pyridine rings is 3. The molecule has 0 bridgehead atoms. The van der Waals surface area contributed by atoms with Gasteiger partial charge in [-0.1, -0.05) is 22.7 Å². The van der Waals surface area contributed by atoms with Crippen LogP contribution in [-0.2, 0) is 4.74 Å². The summed E-state index contributed by atoms with van der Waals surface area (Å²) in [5, 5.41) is 1.45. The van der Waals surface area contributed by atoms with E-state index in [0.29, 0.717) is 35.8 Å². The molecule has 0 atom stereocenters. The number of anilines is 3. The number of fused-ring (bicyclic) bond motifs is 1. The maximum Gasteiger partial charge on any atom is 0.0951 e. The molecule has 0 N–H and O–H groups in total. The summed E-state index contributed by atoms with van der Waals surface area (Å²) in [6, 6.07) is 13.3. The molecule has 0 radical (unpaired) electrons. The van der Waals surface area contributed by atoms with Crippen LogP contribution in [0.5, 0.6) is 0 Å². The van der Waals surface area contributed by atoms with Crippen LogP contribution in [0.3, 0.4) is 0 Å². The largest absolute Gasteiger partial charge is 0.378 e. The highest BCUT2D eigenvalue weighted by molar-refractivity contribution is 5.97. The Kier molecular flexibility index (Phi) is 5.41. The average Bonchev–Trinajstić information content (AvgIpc) is 2.84. The summed E-state index contributed by atoms with van der Waals surface area (Å²) < 4.78 is 21.5. The number of nitrogens with zero attached hydrogens (tertiary/aromatic N) is 5. The van der Waals surface area contributed by atoms with Gasteiger partial charge in [-0.05, 0) is 43.7 Å². The lowest BCUT2D eigenvalue weighted by Gasteiger charge is -2.29. The smallest absolute Gasteiger partial charge is 0.0951 e. The topological polar surface area (TPSA) is 54.4 Å². The molecule has 3 aromatic heterocycles. The van der Waals surface area contributed by atoms with Crippen LogP contribution in [0.15, 0.2) is 61.1 Å². The second kappa shape index (κ2) is 8.51. The van der Waals surface area contributed by atoms with Gasteiger partial charge in [0, 0.05) is 30.2 Å². The molecular weight excluding hydrogens is 405 g/mol. The van der Waals surface area contributed by atoms with Crippen LogP contribution in [0, 0.1) is 13.8 Å². The van der Waals surface area contributed by atoms with E-state index in [2.05, 4.69) is 14.9 Å². The Morgan fingerprint density at radius 2 is 1.84 bits per heavy atom. The minimum atomic E-state index is 0.372. The van der Waals surface area contributed by atoms with Crippen molar-refractivity contribution in [1.82, 2.24) is 15.0 Å². The van der Waals surface area contributed by atoms with E-state index in [1.54, 1.807) is 18.6 Å². The van der Waals surface area contributed by atoms with Gasteiger partial charge in [-0.2, -0.15) is 5.12 Å². The summed E-state index contributed by atoms with van der Waals surface area (Å²) in [7, 11) is 0. The maximum atomic E-state index is 16.1. The first kappa shape index (κ1) is 20.3. The Hall–Kier alpha value is -3.58. The predicted octanol–water partition coefficient (Wildman–Crippen LogP) is 5.17. The lowest BCUT2D eigenvalue weighted by molar-refractivity contribution is 0.122. The number of hydrogen-bond acceptors (Lipinski definition) is 6. The standard InChI is InChI=1S/C25H24FN5O/c1-17-7-8-28-23(13-17)24-18(2)25(21-5-3-4-6-22(21)29-24)31(26)20-14-19(15-27-16-20)30-9-11-32-12-10-30/h3-8,13-16H,9-12H2,1-2H3. The second-order valence-electron chi connectivity index (χ2n) is 7.95. The highest BCUT2D eigenvalue weighted by Gasteiger charge is 2.22. The SMILES string of the molecule is Cc1ccnc(-c2nc3ccccc3c(N(F)c3cncc(N4CCOCC4)c3)c2C)c1. The molecule has 1 aliphatic rings. The Morgan fingerprint density at radius 1 is 1.03 bits per heavy atom. The Morgan fingerprint density at radius 3 is 2.66 bits per heavy atom. The minimum absolute atomic E-state index is 0.372. The van der Waals surface area contributed by atoms with Gasteiger partial charge in [0.2, 0.25) is 0 Å². The minimum Gasteiger partial charge on any atom is -0.378 e. The van der Waals surface area contributed by atoms with E-state index in [1.165, 1.54) is 0 Å². The van der Waals surface area contributed by atoms with Gasteiger partial charge in [0.1, 0.15) is 0 Å². The molecule has 0 saturated carbocycles. The van der Waals surface area contributed by atoms with Gasteiger partial charge in [-0.3, -0.25) is 9.97 Å². The van der Waals surface area contributed by atoms with Crippen molar-refractivity contribution >= 4 is 28.0 Å². The molecule has 0 amide bonds. The molecule has 4 aromatic rings. The van der Waals surface area contributed by atoms with E-state index < -0.39 is 0 Å². The zero-order chi connectivity index (χ0) is 22.1. The van der Waals surface area contributed by atoms with Crippen molar-refractivity contribution in [3.05, 3.63) is 72.2 Å². The van der Waals surface area contributed by atoms with E-state index in [-0.39, 0.29) is 0 Å². The molecule has 6 nitrogen and oxygen atoms in total. The lowest BCUT2D eigenvalue weighted by atomic mass is 10.0. The summed E-state index contributed by atoms with van der Waals surface area (Å²) in [4.78, 5) is 15.8. The first-order chi connectivity index (χ1) is 15.6. The molecule has 7 heteroatoms. The van der Waals surface area contributed by atoms with Crippen LogP contribution in [-0.4, -0.2) is 41.3 Å². The molecule has 0 spiro atoms. The Labute approximate surface area is 186 Å². The summed E-state index contributed by atoms with van der Waals surface area (Å²) in [6.07, 6.45) is 5.06. The molecule has 162 valence electrons. The quantitative estimate of drug-likeness (QED) is 0.417. The van der Waals surface area contributed by atoms with Gasteiger partial charge in [0.25, 0.3) is 0 Å². The summed E-state index contributed by atoms with van der Waals surface area (Å²) in [6.45, 7) is 6.73. The van der Waals surface area contributed by atoms with Crippen LogP contribution in [0.2, 0.25) is 0 Å². The van der Waals surface area contributed by atoms with Crippen molar-refractivity contribution in [2.45, 2.75) is 13.8 Å². The number of rotatable bonds is 4. The van der Waals surface area contributed by atoms with Crippen LogP contribution in [0.1, 0.15) is 11.1 Å². The molecule has 1 saturated heterocycles. The number of ether oxygens (including phenoxy) is 1. The zero-order valence-corrected chi connectivity index (χ0v) is 18.1. The van der Waals surface area contributed by atoms with Crippen LogP contribution >= 0.6 is 0 Å². The molecule has 1 aromatic carbocycles. The molecule has 0 unspecified atom stereocenters. The molecule has 1 aliphatic heterocycles. The van der Waals surface area contributed by atoms with Gasteiger partial charge in [0.05, 0.1) is 59.6 Å². The van der Waals surface area contributed by atoms with Crippen molar-refractivity contribution < 1.29 is 9.22 Å². The number of aromatic nitrogens is 3. The van der Waals surface area contributed by atoms with Crippen molar-refractivity contribution in [2.75, 3.05) is 36.3 Å². The molecule has 1 fully saturated rings. The zero-order valence-electron chi connectivity index (χ0n) is 18.1. The van der Waals surface area contributed by atoms with Gasteiger partial charge in [-0.25, -0.2) is 4.98 Å². The van der Waals surface area contributed by atoms with Crippen LogP contribution in [0.25, 0.3) is 22.3 Å². The van der Waals surface area contributed by atoms with E-state index in [9.17, 15) is 0 Å². The number of halogens is 1. The molecule has 0 aliphatic carbocycles. The first-order valence-corrected chi connectivity index (χ1v) is 10.7. The summed E-state index contributed by atoms with van der Waals surface area (Å²) in [5.41, 5.74) is 5.61. The Bertz CT molecular complexity index is 1270. The van der Waals surface area contributed by atoms with Gasteiger partial charge >= 0.3 is 0 Å².